The first-order valence-electron chi connectivity index (χ1n) is 8.66. The van der Waals surface area contributed by atoms with Gasteiger partial charge in [-0.3, -0.25) is 13.9 Å². The molecule has 1 atom stereocenters. The van der Waals surface area contributed by atoms with Crippen molar-refractivity contribution in [1.29, 1.82) is 0 Å². The molecule has 2 aromatic rings. The van der Waals surface area contributed by atoms with Crippen LogP contribution in [-0.4, -0.2) is 28.8 Å². The highest BCUT2D eigenvalue weighted by Gasteiger charge is 2.30. The molecular formula is C19H22N2O5. The van der Waals surface area contributed by atoms with Crippen LogP contribution >= 0.6 is 0 Å². The molecule has 0 N–H and O–H groups in total. The van der Waals surface area contributed by atoms with Gasteiger partial charge < -0.3 is 9.47 Å². The summed E-state index contributed by atoms with van der Waals surface area (Å²) < 4.78 is 12.8. The van der Waals surface area contributed by atoms with Crippen LogP contribution in [0.15, 0.2) is 33.9 Å². The first-order valence-corrected chi connectivity index (χ1v) is 8.66. The zero-order valence-electron chi connectivity index (χ0n) is 15.2. The maximum atomic E-state index is 12.9. The molecular weight excluding hydrogens is 336 g/mol. The van der Waals surface area contributed by atoms with E-state index in [-0.39, 0.29) is 30.4 Å². The molecule has 1 aromatic carbocycles. The van der Waals surface area contributed by atoms with Crippen LogP contribution in [0.25, 0.3) is 0 Å². The molecule has 0 radical (unpaired) electrons. The first-order chi connectivity index (χ1) is 12.5. The molecule has 0 fully saturated rings. The Morgan fingerprint density at radius 1 is 1.23 bits per heavy atom. The van der Waals surface area contributed by atoms with Crippen molar-refractivity contribution in [2.75, 3.05) is 13.7 Å². The van der Waals surface area contributed by atoms with Crippen molar-refractivity contribution in [3.8, 4) is 5.75 Å². The van der Waals surface area contributed by atoms with Crippen LogP contribution < -0.4 is 16.0 Å². The van der Waals surface area contributed by atoms with Gasteiger partial charge in [0.05, 0.1) is 20.3 Å². The average molecular weight is 358 g/mol. The zero-order chi connectivity index (χ0) is 18.8. The van der Waals surface area contributed by atoms with Crippen molar-refractivity contribution in [2.45, 2.75) is 39.3 Å². The van der Waals surface area contributed by atoms with E-state index in [1.807, 2.05) is 6.92 Å². The van der Waals surface area contributed by atoms with E-state index in [1.165, 1.54) is 0 Å². The minimum absolute atomic E-state index is 0.0238. The largest absolute Gasteiger partial charge is 0.497 e. The summed E-state index contributed by atoms with van der Waals surface area (Å²) in [6.07, 6.45) is 1.23. The van der Waals surface area contributed by atoms with Crippen LogP contribution in [0.1, 0.15) is 47.9 Å². The summed E-state index contributed by atoms with van der Waals surface area (Å²) in [5.74, 6) is 0.0198. The number of ether oxygens (including phenoxy) is 2. The lowest BCUT2D eigenvalue weighted by Crippen LogP contribution is -2.44. The Morgan fingerprint density at radius 3 is 2.54 bits per heavy atom. The lowest BCUT2D eigenvalue weighted by atomic mass is 10.1. The highest BCUT2D eigenvalue weighted by Crippen LogP contribution is 2.24. The number of nitrogens with zero attached hydrogens (tertiary/aromatic N) is 2. The molecule has 0 aliphatic carbocycles. The monoisotopic (exact) mass is 358 g/mol. The fourth-order valence-electron chi connectivity index (χ4n) is 3.35. The Labute approximate surface area is 150 Å². The van der Waals surface area contributed by atoms with Crippen molar-refractivity contribution < 1.29 is 14.3 Å². The van der Waals surface area contributed by atoms with Crippen molar-refractivity contribution in [1.82, 2.24) is 9.13 Å². The van der Waals surface area contributed by atoms with Gasteiger partial charge >= 0.3 is 11.7 Å². The molecule has 0 bridgehead atoms. The number of carbonyl (C=O) groups excluding carboxylic acids is 1. The van der Waals surface area contributed by atoms with Crippen LogP contribution in [0.4, 0.5) is 0 Å². The topological polar surface area (TPSA) is 79.5 Å². The fourth-order valence-corrected chi connectivity index (χ4v) is 3.35. The van der Waals surface area contributed by atoms with Crippen LogP contribution in [-0.2, 0) is 17.7 Å². The molecule has 1 aliphatic rings. The highest BCUT2D eigenvalue weighted by molar-refractivity contribution is 5.90. The van der Waals surface area contributed by atoms with E-state index in [9.17, 15) is 14.4 Å². The molecule has 0 amide bonds. The number of hydrogen-bond acceptors (Lipinski definition) is 5. The van der Waals surface area contributed by atoms with Gasteiger partial charge in [-0.25, -0.2) is 9.59 Å². The predicted octanol–water partition coefficient (Wildman–Crippen LogP) is 1.75. The van der Waals surface area contributed by atoms with Crippen molar-refractivity contribution in [3.63, 3.8) is 0 Å². The Kier molecular flexibility index (Phi) is 4.97. The number of fused-ring (bicyclic) bond motifs is 1. The molecule has 7 nitrogen and oxygen atoms in total. The van der Waals surface area contributed by atoms with Gasteiger partial charge in [0.2, 0.25) is 0 Å². The smallest absolute Gasteiger partial charge is 0.345 e. The lowest BCUT2D eigenvalue weighted by molar-refractivity contribution is 0.0521. The number of carbonyl (C=O) groups is 1. The van der Waals surface area contributed by atoms with Gasteiger partial charge in [-0.1, -0.05) is 12.1 Å². The molecule has 7 heteroatoms. The molecule has 138 valence electrons. The third kappa shape index (κ3) is 3.05. The average Bonchev–Trinajstić information content (AvgIpc) is 3.01. The number of esters is 1. The second-order valence-electron chi connectivity index (χ2n) is 6.32. The summed E-state index contributed by atoms with van der Waals surface area (Å²) in [7, 11) is 1.57. The molecule has 1 aliphatic heterocycles. The summed E-state index contributed by atoms with van der Waals surface area (Å²) in [6.45, 7) is 3.85. The van der Waals surface area contributed by atoms with E-state index in [1.54, 1.807) is 42.9 Å². The lowest BCUT2D eigenvalue weighted by Gasteiger charge is -2.16. The number of benzene rings is 1. The van der Waals surface area contributed by atoms with Crippen molar-refractivity contribution >= 4 is 5.97 Å². The summed E-state index contributed by atoms with van der Waals surface area (Å²) in [5.41, 5.74) is 0.246. The molecule has 26 heavy (non-hydrogen) atoms. The Hall–Kier alpha value is -2.83. The number of aromatic nitrogens is 2. The summed E-state index contributed by atoms with van der Waals surface area (Å²) >= 11 is 0. The van der Waals surface area contributed by atoms with E-state index in [4.69, 9.17) is 9.47 Å². The SMILES string of the molecule is CCOC(=O)c1c2n(c(=O)n(Cc3ccc(OC)cc3)c1=O)C(C)CC2. The second-order valence-corrected chi connectivity index (χ2v) is 6.32. The maximum absolute atomic E-state index is 12.9. The van der Waals surface area contributed by atoms with Gasteiger partial charge in [-0.05, 0) is 44.4 Å². The molecule has 0 saturated carbocycles. The summed E-state index contributed by atoms with van der Waals surface area (Å²) in [5, 5.41) is 0. The predicted molar refractivity (Wildman–Crippen MR) is 96.0 cm³/mol. The van der Waals surface area contributed by atoms with E-state index < -0.39 is 11.5 Å². The third-order valence-electron chi connectivity index (χ3n) is 4.69. The van der Waals surface area contributed by atoms with Gasteiger partial charge in [0.25, 0.3) is 5.56 Å². The highest BCUT2D eigenvalue weighted by atomic mass is 16.5. The van der Waals surface area contributed by atoms with E-state index in [0.717, 1.165) is 10.1 Å². The molecule has 1 aromatic heterocycles. The van der Waals surface area contributed by atoms with Crippen molar-refractivity contribution in [3.05, 3.63) is 61.9 Å². The third-order valence-corrected chi connectivity index (χ3v) is 4.69. The first kappa shape index (κ1) is 18.0. The minimum Gasteiger partial charge on any atom is -0.497 e. The Morgan fingerprint density at radius 2 is 1.92 bits per heavy atom. The van der Waals surface area contributed by atoms with E-state index in [2.05, 4.69) is 0 Å². The molecule has 0 saturated heterocycles. The molecule has 3 rings (SSSR count). The van der Waals surface area contributed by atoms with Gasteiger partial charge in [-0.2, -0.15) is 0 Å². The van der Waals surface area contributed by atoms with Crippen LogP contribution in [0.3, 0.4) is 0 Å². The van der Waals surface area contributed by atoms with E-state index >= 15 is 0 Å². The Balaban J connectivity index is 2.14. The fraction of sp³-hybridized carbons (Fsp3) is 0.421. The van der Waals surface area contributed by atoms with Gasteiger partial charge in [-0.15, -0.1) is 0 Å². The van der Waals surface area contributed by atoms with Crippen molar-refractivity contribution in [2.24, 2.45) is 0 Å². The molecule has 0 spiro atoms. The standard InChI is InChI=1S/C19H22N2O5/c1-4-26-18(23)16-15-10-5-12(2)21(15)19(24)20(17(16)22)11-13-6-8-14(25-3)9-7-13/h6-9,12H,4-5,10-11H2,1-3H3. The molecule has 1 unspecified atom stereocenters. The normalized spacial score (nSPS) is 15.6. The number of methoxy groups -OCH3 is 1. The maximum Gasteiger partial charge on any atom is 0.345 e. The van der Waals surface area contributed by atoms with Crippen LogP contribution in [0.5, 0.6) is 5.75 Å². The second kappa shape index (κ2) is 7.19. The number of hydrogen-bond donors (Lipinski definition) is 0. The van der Waals surface area contributed by atoms with Gasteiger partial charge in [0.1, 0.15) is 11.3 Å². The minimum atomic E-state index is -0.668. The van der Waals surface area contributed by atoms with Gasteiger partial charge in [0, 0.05) is 11.7 Å². The zero-order valence-corrected chi connectivity index (χ0v) is 15.2. The quantitative estimate of drug-likeness (QED) is 0.761. The summed E-state index contributed by atoms with van der Waals surface area (Å²) in [6, 6.07) is 7.04. The Bertz CT molecular complexity index is 940. The van der Waals surface area contributed by atoms with E-state index in [0.29, 0.717) is 24.3 Å². The van der Waals surface area contributed by atoms with Crippen LogP contribution in [0.2, 0.25) is 0 Å². The van der Waals surface area contributed by atoms with Crippen LogP contribution in [0, 0.1) is 0 Å². The summed E-state index contributed by atoms with van der Waals surface area (Å²) in [4.78, 5) is 38.2. The molecule has 2 heterocycles. The van der Waals surface area contributed by atoms with Gasteiger partial charge in [0.15, 0.2) is 0 Å². The number of rotatable bonds is 5.